The Balaban J connectivity index is 3.07. The number of aromatic amines is 1. The van der Waals surface area contributed by atoms with Gasteiger partial charge in [-0.1, -0.05) is 0 Å². The number of H-pyrrole nitrogens is 1. The van der Waals surface area contributed by atoms with Gasteiger partial charge in [0.1, 0.15) is 5.69 Å². The van der Waals surface area contributed by atoms with E-state index in [4.69, 9.17) is 0 Å². The number of hydrogen-bond acceptors (Lipinski definition) is 3. The summed E-state index contributed by atoms with van der Waals surface area (Å²) >= 11 is 0. The quantitative estimate of drug-likeness (QED) is 0.526. The van der Waals surface area contributed by atoms with Gasteiger partial charge in [-0.3, -0.25) is 4.79 Å². The maximum absolute atomic E-state index is 11.0. The van der Waals surface area contributed by atoms with Crippen LogP contribution in [0.4, 0.5) is 0 Å². The summed E-state index contributed by atoms with van der Waals surface area (Å²) in [6.45, 7) is 1.73. The summed E-state index contributed by atoms with van der Waals surface area (Å²) in [5, 5.41) is 0. The third-order valence-corrected chi connectivity index (χ3v) is 1.55. The molecular weight excluding hydrogens is 158 g/mol. The third-order valence-electron chi connectivity index (χ3n) is 1.55. The van der Waals surface area contributed by atoms with E-state index in [0.717, 1.165) is 0 Å². The van der Waals surface area contributed by atoms with Gasteiger partial charge < -0.3 is 9.72 Å². The van der Waals surface area contributed by atoms with Crippen LogP contribution >= 0.6 is 0 Å². The first-order valence-electron chi connectivity index (χ1n) is 3.42. The van der Waals surface area contributed by atoms with E-state index >= 15 is 0 Å². The minimum absolute atomic E-state index is 0.333. The molecular formula is C8H9NO3. The van der Waals surface area contributed by atoms with E-state index < -0.39 is 5.97 Å². The predicted octanol–water partition coefficient (Wildman–Crippen LogP) is 0.922. The van der Waals surface area contributed by atoms with Gasteiger partial charge in [0.05, 0.1) is 12.8 Å². The summed E-state index contributed by atoms with van der Waals surface area (Å²) in [4.78, 5) is 23.9. The Bertz CT molecular complexity index is 314. The molecule has 12 heavy (non-hydrogen) atoms. The number of nitrogens with one attached hydrogen (secondary N) is 1. The molecule has 1 N–H and O–H groups in total. The highest BCUT2D eigenvalue weighted by atomic mass is 16.5. The summed E-state index contributed by atoms with van der Waals surface area (Å²) in [7, 11) is 1.29. The number of carbonyl (C=O) groups excluding carboxylic acids is 2. The summed E-state index contributed by atoms with van der Waals surface area (Å²) in [6, 6.07) is 1.60. The molecule has 0 saturated heterocycles. The van der Waals surface area contributed by atoms with Crippen LogP contribution in [0.3, 0.4) is 0 Å². The van der Waals surface area contributed by atoms with Crippen molar-refractivity contribution in [3.8, 4) is 0 Å². The summed E-state index contributed by atoms with van der Waals surface area (Å²) in [5.74, 6) is -0.458. The third kappa shape index (κ3) is 1.37. The Labute approximate surface area is 69.5 Å². The van der Waals surface area contributed by atoms with E-state index in [9.17, 15) is 9.59 Å². The van der Waals surface area contributed by atoms with Gasteiger partial charge in [-0.05, 0) is 18.6 Å². The average Bonchev–Trinajstić information content (AvgIpc) is 2.45. The lowest BCUT2D eigenvalue weighted by Gasteiger charge is -1.95. The monoisotopic (exact) mass is 167 g/mol. The molecule has 0 atom stereocenters. The van der Waals surface area contributed by atoms with Crippen molar-refractivity contribution in [1.29, 1.82) is 0 Å². The molecule has 64 valence electrons. The lowest BCUT2D eigenvalue weighted by molar-refractivity contribution is 0.0594. The van der Waals surface area contributed by atoms with E-state index in [2.05, 4.69) is 9.72 Å². The predicted molar refractivity (Wildman–Crippen MR) is 42.3 cm³/mol. The molecule has 0 saturated carbocycles. The zero-order valence-corrected chi connectivity index (χ0v) is 6.88. The Morgan fingerprint density at radius 2 is 2.33 bits per heavy atom. The lowest BCUT2D eigenvalue weighted by Crippen LogP contribution is -2.03. The average molecular weight is 167 g/mol. The van der Waals surface area contributed by atoms with E-state index in [0.29, 0.717) is 23.2 Å². The molecule has 1 heterocycles. The number of ether oxygens (including phenoxy) is 1. The van der Waals surface area contributed by atoms with Crippen LogP contribution in [0.1, 0.15) is 26.5 Å². The molecule has 0 spiro atoms. The molecule has 1 aromatic heterocycles. The number of aryl methyl sites for hydroxylation is 1. The number of aromatic nitrogens is 1. The van der Waals surface area contributed by atoms with Crippen molar-refractivity contribution < 1.29 is 14.3 Å². The van der Waals surface area contributed by atoms with Crippen LogP contribution in [-0.2, 0) is 4.74 Å². The molecule has 0 aromatic carbocycles. The van der Waals surface area contributed by atoms with Gasteiger partial charge in [0, 0.05) is 0 Å². The summed E-state index contributed by atoms with van der Waals surface area (Å²) in [6.07, 6.45) is 0.652. The Morgan fingerprint density at radius 3 is 2.75 bits per heavy atom. The molecule has 0 aliphatic rings. The molecule has 1 aromatic rings. The van der Waals surface area contributed by atoms with Gasteiger partial charge >= 0.3 is 5.97 Å². The zero-order valence-electron chi connectivity index (χ0n) is 6.88. The smallest absolute Gasteiger partial charge is 0.354 e. The molecule has 0 unspecified atom stereocenters. The van der Waals surface area contributed by atoms with E-state index in [1.807, 2.05) is 0 Å². The van der Waals surface area contributed by atoms with Crippen LogP contribution < -0.4 is 0 Å². The maximum Gasteiger partial charge on any atom is 0.354 e. The van der Waals surface area contributed by atoms with Crippen LogP contribution in [0.2, 0.25) is 0 Å². The number of carbonyl (C=O) groups is 2. The molecule has 0 aliphatic carbocycles. The molecule has 1 rings (SSSR count). The van der Waals surface area contributed by atoms with Crippen molar-refractivity contribution in [1.82, 2.24) is 4.98 Å². The van der Waals surface area contributed by atoms with Crippen molar-refractivity contribution in [3.05, 3.63) is 23.0 Å². The Kier molecular flexibility index (Phi) is 2.28. The molecule has 4 heteroatoms. The van der Waals surface area contributed by atoms with Crippen molar-refractivity contribution in [2.24, 2.45) is 0 Å². The molecule has 0 fully saturated rings. The van der Waals surface area contributed by atoms with Gasteiger partial charge in [-0.25, -0.2) is 4.79 Å². The second-order valence-corrected chi connectivity index (χ2v) is 2.39. The second kappa shape index (κ2) is 3.21. The van der Waals surface area contributed by atoms with Gasteiger partial charge in [-0.15, -0.1) is 0 Å². The zero-order chi connectivity index (χ0) is 9.14. The lowest BCUT2D eigenvalue weighted by atomic mass is 10.2. The first-order valence-corrected chi connectivity index (χ1v) is 3.42. The van der Waals surface area contributed by atoms with Crippen LogP contribution in [0.5, 0.6) is 0 Å². The largest absolute Gasteiger partial charge is 0.464 e. The van der Waals surface area contributed by atoms with E-state index in [1.54, 1.807) is 13.0 Å². The highest BCUT2D eigenvalue weighted by Gasteiger charge is 2.11. The van der Waals surface area contributed by atoms with Gasteiger partial charge in [0.2, 0.25) is 0 Å². The van der Waals surface area contributed by atoms with Crippen LogP contribution in [0, 0.1) is 6.92 Å². The van der Waals surface area contributed by atoms with Crippen molar-refractivity contribution in [2.75, 3.05) is 7.11 Å². The highest BCUT2D eigenvalue weighted by molar-refractivity contribution is 5.90. The van der Waals surface area contributed by atoms with Gasteiger partial charge in [0.25, 0.3) is 0 Å². The molecule has 0 radical (unpaired) electrons. The van der Waals surface area contributed by atoms with Gasteiger partial charge in [-0.2, -0.15) is 0 Å². The van der Waals surface area contributed by atoms with Crippen LogP contribution in [-0.4, -0.2) is 24.3 Å². The normalized spacial score (nSPS) is 9.50. The first-order chi connectivity index (χ1) is 5.69. The van der Waals surface area contributed by atoms with Crippen molar-refractivity contribution in [2.45, 2.75) is 6.92 Å². The Morgan fingerprint density at radius 1 is 1.67 bits per heavy atom. The molecule has 4 nitrogen and oxygen atoms in total. The van der Waals surface area contributed by atoms with Crippen LogP contribution in [0.15, 0.2) is 6.07 Å². The maximum atomic E-state index is 11.0. The fourth-order valence-corrected chi connectivity index (χ4v) is 0.962. The van der Waals surface area contributed by atoms with Crippen LogP contribution in [0.25, 0.3) is 0 Å². The standard InChI is InChI=1S/C8H9NO3/c1-5-3-6(4-10)9-7(5)8(11)12-2/h3-4,9H,1-2H3. The number of rotatable bonds is 2. The molecule has 0 bridgehead atoms. The number of esters is 1. The van der Waals surface area contributed by atoms with Crippen molar-refractivity contribution in [3.63, 3.8) is 0 Å². The first kappa shape index (κ1) is 8.52. The number of methoxy groups -OCH3 is 1. The second-order valence-electron chi connectivity index (χ2n) is 2.39. The fraction of sp³-hybridized carbons (Fsp3) is 0.250. The topological polar surface area (TPSA) is 59.2 Å². The minimum Gasteiger partial charge on any atom is -0.464 e. The number of aldehydes is 1. The molecule has 0 amide bonds. The summed E-state index contributed by atoms with van der Waals surface area (Å²) < 4.78 is 4.49. The van der Waals surface area contributed by atoms with Crippen molar-refractivity contribution >= 4 is 12.3 Å². The highest BCUT2D eigenvalue weighted by Crippen LogP contribution is 2.08. The van der Waals surface area contributed by atoms with E-state index in [1.165, 1.54) is 7.11 Å². The minimum atomic E-state index is -0.458. The Hall–Kier alpha value is -1.58. The summed E-state index contributed by atoms with van der Waals surface area (Å²) in [5.41, 5.74) is 1.43. The SMILES string of the molecule is COC(=O)c1[nH]c(C=O)cc1C. The van der Waals surface area contributed by atoms with Gasteiger partial charge in [0.15, 0.2) is 6.29 Å². The van der Waals surface area contributed by atoms with E-state index in [-0.39, 0.29) is 0 Å². The number of hydrogen-bond donors (Lipinski definition) is 1. The fourth-order valence-electron chi connectivity index (χ4n) is 0.962. The molecule has 0 aliphatic heterocycles.